The van der Waals surface area contributed by atoms with Gasteiger partial charge in [-0.15, -0.1) is 0 Å². The van der Waals surface area contributed by atoms with Gasteiger partial charge >= 0.3 is 5.97 Å². The molecule has 2 unspecified atom stereocenters. The van der Waals surface area contributed by atoms with E-state index in [9.17, 15) is 14.7 Å². The van der Waals surface area contributed by atoms with Crippen molar-refractivity contribution in [2.75, 3.05) is 13.6 Å². The summed E-state index contributed by atoms with van der Waals surface area (Å²) in [6, 6.07) is 2.00. The van der Waals surface area contributed by atoms with E-state index in [-0.39, 0.29) is 18.3 Å². The second kappa shape index (κ2) is 6.03. The van der Waals surface area contributed by atoms with Crippen LogP contribution in [-0.2, 0) is 14.3 Å². The van der Waals surface area contributed by atoms with Crippen molar-refractivity contribution in [2.45, 2.75) is 63.6 Å². The maximum Gasteiger partial charge on any atom is 0.312 e. The van der Waals surface area contributed by atoms with Gasteiger partial charge in [0.1, 0.15) is 0 Å². The first-order valence-electron chi connectivity index (χ1n) is 8.82. The van der Waals surface area contributed by atoms with Crippen molar-refractivity contribution in [3.05, 3.63) is 0 Å². The smallest absolute Gasteiger partial charge is 0.312 e. The summed E-state index contributed by atoms with van der Waals surface area (Å²) < 4.78 is 5.52. The number of ether oxygens (including phenoxy) is 1. The van der Waals surface area contributed by atoms with Crippen molar-refractivity contribution in [2.24, 2.45) is 17.3 Å². The highest BCUT2D eigenvalue weighted by Gasteiger charge is 2.61. The van der Waals surface area contributed by atoms with E-state index in [0.717, 1.165) is 32.1 Å². The number of aliphatic hydroxyl groups is 1. The Morgan fingerprint density at radius 1 is 1.33 bits per heavy atom. The van der Waals surface area contributed by atoms with Crippen molar-refractivity contribution < 1.29 is 19.4 Å². The molecule has 4 bridgehead atoms. The zero-order valence-corrected chi connectivity index (χ0v) is 14.5. The molecular weight excluding hydrogens is 308 g/mol. The van der Waals surface area contributed by atoms with E-state index in [1.54, 1.807) is 14.0 Å². The molecule has 4 rings (SSSR count). The van der Waals surface area contributed by atoms with Gasteiger partial charge < -0.3 is 14.7 Å². The highest BCUT2D eigenvalue weighted by molar-refractivity contribution is 5.85. The molecule has 0 aromatic rings. The molecule has 1 amide bonds. The van der Waals surface area contributed by atoms with Gasteiger partial charge in [-0.05, 0) is 57.3 Å². The lowest BCUT2D eigenvalue weighted by Crippen LogP contribution is -2.59. The lowest BCUT2D eigenvalue weighted by atomic mass is 9.48. The van der Waals surface area contributed by atoms with Gasteiger partial charge in [-0.2, -0.15) is 5.26 Å². The van der Waals surface area contributed by atoms with Gasteiger partial charge in [-0.3, -0.25) is 9.59 Å². The van der Waals surface area contributed by atoms with Gasteiger partial charge in [-0.1, -0.05) is 0 Å². The zero-order valence-electron chi connectivity index (χ0n) is 14.5. The van der Waals surface area contributed by atoms with Crippen LogP contribution >= 0.6 is 0 Å². The zero-order chi connectivity index (χ0) is 17.5. The largest absolute Gasteiger partial charge is 0.452 e. The number of carbonyl (C=O) groups excluding carboxylic acids is 2. The molecule has 0 heterocycles. The molecule has 4 aliphatic rings. The SMILES string of the molecule is C[C@@H](OC(=O)C12C[C@@H]3C[C@@H](CC(O)(C3)C1)C2)C(=O)N(C)CCC#N. The van der Waals surface area contributed by atoms with Gasteiger partial charge in [0.15, 0.2) is 6.10 Å². The van der Waals surface area contributed by atoms with Crippen LogP contribution in [0, 0.1) is 28.6 Å². The molecule has 0 saturated heterocycles. The molecule has 6 heteroatoms. The van der Waals surface area contributed by atoms with Crippen molar-refractivity contribution >= 4 is 11.9 Å². The topological polar surface area (TPSA) is 90.6 Å². The maximum absolute atomic E-state index is 12.8. The highest BCUT2D eigenvalue weighted by atomic mass is 16.5. The van der Waals surface area contributed by atoms with E-state index in [1.807, 2.05) is 6.07 Å². The van der Waals surface area contributed by atoms with E-state index >= 15 is 0 Å². The number of nitriles is 1. The second-order valence-electron chi connectivity index (χ2n) is 8.18. The molecule has 6 nitrogen and oxygen atoms in total. The molecule has 4 saturated carbocycles. The normalized spacial score (nSPS) is 37.6. The van der Waals surface area contributed by atoms with Crippen molar-refractivity contribution in [1.82, 2.24) is 4.90 Å². The van der Waals surface area contributed by atoms with Gasteiger partial charge in [0.05, 0.1) is 23.5 Å². The summed E-state index contributed by atoms with van der Waals surface area (Å²) in [4.78, 5) is 26.5. The van der Waals surface area contributed by atoms with E-state index in [0.29, 0.717) is 24.8 Å². The first-order valence-corrected chi connectivity index (χ1v) is 8.82. The molecule has 132 valence electrons. The fourth-order valence-corrected chi connectivity index (χ4v) is 5.43. The number of rotatable bonds is 5. The van der Waals surface area contributed by atoms with Crippen LogP contribution in [0.25, 0.3) is 0 Å². The Morgan fingerprint density at radius 3 is 2.50 bits per heavy atom. The van der Waals surface area contributed by atoms with E-state index in [1.165, 1.54) is 4.90 Å². The summed E-state index contributed by atoms with van der Waals surface area (Å²) in [5.74, 6) is 0.174. The van der Waals surface area contributed by atoms with Crippen molar-refractivity contribution in [1.29, 1.82) is 5.26 Å². The third-order valence-corrected chi connectivity index (χ3v) is 6.03. The molecule has 0 aromatic carbocycles. The lowest BCUT2D eigenvalue weighted by Gasteiger charge is -2.58. The van der Waals surface area contributed by atoms with Crippen LogP contribution in [0.1, 0.15) is 51.9 Å². The minimum absolute atomic E-state index is 0.253. The Hall–Kier alpha value is -1.61. The number of nitrogens with zero attached hydrogens (tertiary/aromatic N) is 2. The van der Waals surface area contributed by atoms with Gasteiger partial charge in [-0.25, -0.2) is 0 Å². The Bertz CT molecular complexity index is 568. The van der Waals surface area contributed by atoms with Crippen molar-refractivity contribution in [3.8, 4) is 6.07 Å². The molecule has 4 fully saturated rings. The van der Waals surface area contributed by atoms with Gasteiger partial charge in [0.2, 0.25) is 0 Å². The summed E-state index contributed by atoms with van der Waals surface area (Å²) in [7, 11) is 1.61. The average Bonchev–Trinajstić information content (AvgIpc) is 2.49. The quantitative estimate of drug-likeness (QED) is 0.772. The Kier molecular flexibility index (Phi) is 4.33. The lowest BCUT2D eigenvalue weighted by molar-refractivity contribution is -0.200. The number of hydrogen-bond donors (Lipinski definition) is 1. The maximum atomic E-state index is 12.8. The predicted molar refractivity (Wildman–Crippen MR) is 85.5 cm³/mol. The third kappa shape index (κ3) is 3.02. The fraction of sp³-hybridized carbons (Fsp3) is 0.833. The van der Waals surface area contributed by atoms with E-state index in [4.69, 9.17) is 10.00 Å². The molecule has 0 aromatic heterocycles. The molecular formula is C18H26N2O4. The van der Waals surface area contributed by atoms with Crippen LogP contribution in [0.15, 0.2) is 0 Å². The Labute approximate surface area is 142 Å². The van der Waals surface area contributed by atoms with Crippen LogP contribution in [0.4, 0.5) is 0 Å². The molecule has 0 spiro atoms. The van der Waals surface area contributed by atoms with Crippen LogP contribution in [-0.4, -0.2) is 47.2 Å². The summed E-state index contributed by atoms with van der Waals surface area (Å²) in [5.41, 5.74) is -1.33. The van der Waals surface area contributed by atoms with Crippen LogP contribution in [0.3, 0.4) is 0 Å². The molecule has 24 heavy (non-hydrogen) atoms. The number of carbonyl (C=O) groups is 2. The fourth-order valence-electron chi connectivity index (χ4n) is 5.43. The van der Waals surface area contributed by atoms with E-state index in [2.05, 4.69) is 0 Å². The number of hydrogen-bond acceptors (Lipinski definition) is 5. The van der Waals surface area contributed by atoms with Gasteiger partial charge in [0, 0.05) is 13.6 Å². The molecule has 5 atom stereocenters. The molecule has 0 radical (unpaired) electrons. The minimum atomic E-state index is -0.858. The number of esters is 1. The Balaban J connectivity index is 1.65. The standard InChI is InChI=1S/C18H26N2O4/c1-12(15(21)20(2)5-3-4-19)24-16(22)17-7-13-6-14(8-17)10-18(23,9-13)11-17/h12-14,23H,3,5-11H2,1-2H3/t12-,13-,14+,17?,18?/m1/s1. The summed E-state index contributed by atoms with van der Waals surface area (Å²) >= 11 is 0. The molecule has 0 aliphatic heterocycles. The summed E-state index contributed by atoms with van der Waals surface area (Å²) in [6.45, 7) is 1.91. The summed E-state index contributed by atoms with van der Waals surface area (Å²) in [6.07, 6.45) is 4.10. The van der Waals surface area contributed by atoms with Crippen molar-refractivity contribution in [3.63, 3.8) is 0 Å². The van der Waals surface area contributed by atoms with Crippen LogP contribution in [0.5, 0.6) is 0 Å². The van der Waals surface area contributed by atoms with Crippen LogP contribution in [0.2, 0.25) is 0 Å². The Morgan fingerprint density at radius 2 is 1.96 bits per heavy atom. The van der Waals surface area contributed by atoms with Crippen LogP contribution < -0.4 is 0 Å². The third-order valence-electron chi connectivity index (χ3n) is 6.03. The molecule has 4 aliphatic carbocycles. The minimum Gasteiger partial charge on any atom is -0.452 e. The second-order valence-corrected chi connectivity index (χ2v) is 8.18. The monoisotopic (exact) mass is 334 g/mol. The van der Waals surface area contributed by atoms with E-state index < -0.39 is 17.1 Å². The van der Waals surface area contributed by atoms with Gasteiger partial charge in [0.25, 0.3) is 5.91 Å². The predicted octanol–water partition coefficient (Wildman–Crippen LogP) is 1.62. The summed E-state index contributed by atoms with van der Waals surface area (Å²) in [5, 5.41) is 19.3. The highest BCUT2D eigenvalue weighted by Crippen LogP contribution is 2.62. The molecule has 1 N–H and O–H groups in total. The first-order chi connectivity index (χ1) is 11.3. The number of amides is 1. The average molecular weight is 334 g/mol. The first kappa shape index (κ1) is 17.2. The number of likely N-dealkylation sites (N-methyl/N-ethyl adjacent to an activating group) is 1.